The zero-order valence-corrected chi connectivity index (χ0v) is 15.2. The van der Waals surface area contributed by atoms with E-state index in [4.69, 9.17) is 0 Å². The largest absolute Gasteiger partial charge is 0.309 e. The van der Waals surface area contributed by atoms with Crippen LogP contribution in [0.2, 0.25) is 0 Å². The number of sulfone groups is 1. The van der Waals surface area contributed by atoms with Crippen LogP contribution in [-0.4, -0.2) is 29.9 Å². The second-order valence-electron chi connectivity index (χ2n) is 5.97. The van der Waals surface area contributed by atoms with E-state index in [9.17, 15) is 13.2 Å². The van der Waals surface area contributed by atoms with E-state index in [1.807, 2.05) is 55.6 Å². The molecule has 7 heteroatoms. The molecule has 134 valence electrons. The Bertz CT molecular complexity index is 1080. The van der Waals surface area contributed by atoms with Crippen molar-refractivity contribution < 1.29 is 13.2 Å². The van der Waals surface area contributed by atoms with Crippen molar-refractivity contribution >= 4 is 32.3 Å². The zero-order chi connectivity index (χ0) is 18.7. The van der Waals surface area contributed by atoms with Crippen LogP contribution in [0.4, 0.5) is 5.82 Å². The minimum atomic E-state index is -3.40. The van der Waals surface area contributed by atoms with Gasteiger partial charge in [-0.25, -0.2) is 13.1 Å². The van der Waals surface area contributed by atoms with Crippen molar-refractivity contribution in [1.29, 1.82) is 0 Å². The van der Waals surface area contributed by atoms with Crippen molar-refractivity contribution in [3.63, 3.8) is 0 Å². The number of anilines is 1. The summed E-state index contributed by atoms with van der Waals surface area (Å²) in [5.41, 5.74) is 1.67. The number of carbonyl (C=O) groups excluding carboxylic acids is 1. The highest BCUT2D eigenvalue weighted by Gasteiger charge is 2.13. The van der Waals surface area contributed by atoms with Crippen LogP contribution in [0.15, 0.2) is 60.6 Å². The number of aryl methyl sites for hydroxylation is 1. The Labute approximate surface area is 152 Å². The molecule has 0 bridgehead atoms. The van der Waals surface area contributed by atoms with Crippen molar-refractivity contribution in [2.45, 2.75) is 13.3 Å². The third-order valence-electron chi connectivity index (χ3n) is 4.02. The Morgan fingerprint density at radius 1 is 1.23 bits per heavy atom. The van der Waals surface area contributed by atoms with Gasteiger partial charge in [0.25, 0.3) is 0 Å². The molecule has 1 N–H and O–H groups in total. The van der Waals surface area contributed by atoms with Crippen LogP contribution in [-0.2, 0) is 14.6 Å². The highest BCUT2D eigenvalue weighted by atomic mass is 32.2. The summed E-state index contributed by atoms with van der Waals surface area (Å²) in [6.07, 6.45) is 1.68. The Balaban J connectivity index is 1.78. The number of nitrogens with zero attached hydrogens (tertiary/aromatic N) is 2. The van der Waals surface area contributed by atoms with Crippen molar-refractivity contribution in [3.05, 3.63) is 66.2 Å². The third kappa shape index (κ3) is 4.00. The summed E-state index contributed by atoms with van der Waals surface area (Å²) < 4.78 is 24.5. The number of hydrogen-bond acceptors (Lipinski definition) is 4. The number of hydrogen-bond donors (Lipinski definition) is 1. The zero-order valence-electron chi connectivity index (χ0n) is 14.3. The molecule has 0 atom stereocenters. The molecule has 26 heavy (non-hydrogen) atoms. The number of carbonyl (C=O) groups is 1. The molecule has 3 aromatic rings. The number of nitrogens with one attached hydrogen (secondary N) is 1. The van der Waals surface area contributed by atoms with E-state index in [1.54, 1.807) is 4.68 Å². The molecule has 0 fully saturated rings. The normalized spacial score (nSPS) is 11.4. The first-order valence-corrected chi connectivity index (χ1v) is 9.80. The average molecular weight is 369 g/mol. The Kier molecular flexibility index (Phi) is 4.90. The number of aromatic nitrogens is 2. The fourth-order valence-corrected chi connectivity index (χ4v) is 3.18. The molecule has 1 amide bonds. The number of fused-ring (bicyclic) bond motifs is 1. The lowest BCUT2D eigenvalue weighted by Gasteiger charge is -2.04. The molecule has 0 aliphatic carbocycles. The van der Waals surface area contributed by atoms with Gasteiger partial charge in [-0.1, -0.05) is 36.9 Å². The van der Waals surface area contributed by atoms with Crippen LogP contribution in [0, 0.1) is 6.92 Å². The van der Waals surface area contributed by atoms with Crippen LogP contribution in [0.5, 0.6) is 0 Å². The Morgan fingerprint density at radius 3 is 2.69 bits per heavy atom. The lowest BCUT2D eigenvalue weighted by molar-refractivity contribution is -0.115. The molecule has 0 aliphatic heterocycles. The van der Waals surface area contributed by atoms with E-state index in [1.165, 1.54) is 0 Å². The van der Waals surface area contributed by atoms with Gasteiger partial charge in [-0.3, -0.25) is 4.79 Å². The quantitative estimate of drug-likeness (QED) is 0.723. The van der Waals surface area contributed by atoms with Crippen molar-refractivity contribution in [3.8, 4) is 5.69 Å². The predicted molar refractivity (Wildman–Crippen MR) is 103 cm³/mol. The summed E-state index contributed by atoms with van der Waals surface area (Å²) in [5, 5.41) is 10.2. The molecule has 0 radical (unpaired) electrons. The van der Waals surface area contributed by atoms with Gasteiger partial charge >= 0.3 is 0 Å². The van der Waals surface area contributed by atoms with Gasteiger partial charge < -0.3 is 5.32 Å². The van der Waals surface area contributed by atoms with Gasteiger partial charge in [-0.05, 0) is 29.8 Å². The molecular formula is C19H19N3O3S. The van der Waals surface area contributed by atoms with Crippen LogP contribution in [0.3, 0.4) is 0 Å². The van der Waals surface area contributed by atoms with Gasteiger partial charge in [0, 0.05) is 23.6 Å². The third-order valence-corrected chi connectivity index (χ3v) is 5.30. The number of benzene rings is 2. The highest BCUT2D eigenvalue weighted by molar-refractivity contribution is 7.94. The average Bonchev–Trinajstić information content (AvgIpc) is 3.00. The van der Waals surface area contributed by atoms with Gasteiger partial charge in [-0.2, -0.15) is 0 Å². The fraction of sp³-hybridized carbons (Fsp3) is 0.158. The van der Waals surface area contributed by atoms with Crippen molar-refractivity contribution in [2.24, 2.45) is 0 Å². The molecular weight excluding hydrogens is 350 g/mol. The van der Waals surface area contributed by atoms with Crippen LogP contribution < -0.4 is 5.32 Å². The van der Waals surface area contributed by atoms with Crippen molar-refractivity contribution in [2.75, 3.05) is 11.1 Å². The summed E-state index contributed by atoms with van der Waals surface area (Å²) in [5.74, 6) is -0.256. The molecule has 0 saturated carbocycles. The van der Waals surface area contributed by atoms with Crippen molar-refractivity contribution in [1.82, 2.24) is 9.78 Å². The SMILES string of the molecule is C=CS(=O)(=O)CCC(=O)Nc1nn(-c2ccc3ccccc3c2)cc1C. The first kappa shape index (κ1) is 17.9. The smallest absolute Gasteiger partial charge is 0.226 e. The van der Waals surface area contributed by atoms with E-state index in [0.29, 0.717) is 5.82 Å². The number of rotatable bonds is 6. The maximum atomic E-state index is 12.0. The lowest BCUT2D eigenvalue weighted by atomic mass is 10.1. The van der Waals surface area contributed by atoms with E-state index >= 15 is 0 Å². The summed E-state index contributed by atoms with van der Waals surface area (Å²) in [7, 11) is -3.40. The second kappa shape index (κ2) is 7.13. The first-order chi connectivity index (χ1) is 12.4. The number of amides is 1. The van der Waals surface area contributed by atoms with Gasteiger partial charge in [-0.15, -0.1) is 5.10 Å². The molecule has 0 unspecified atom stereocenters. The maximum absolute atomic E-state index is 12.0. The summed E-state index contributed by atoms with van der Waals surface area (Å²) in [4.78, 5) is 12.0. The molecule has 1 heterocycles. The van der Waals surface area contributed by atoms with E-state index in [2.05, 4.69) is 17.0 Å². The molecule has 6 nitrogen and oxygen atoms in total. The van der Waals surface area contributed by atoms with E-state index in [0.717, 1.165) is 27.4 Å². The molecule has 1 aromatic heterocycles. The summed E-state index contributed by atoms with van der Waals surface area (Å²) in [6.45, 7) is 5.07. The second-order valence-corrected chi connectivity index (χ2v) is 8.04. The topological polar surface area (TPSA) is 81.1 Å². The lowest BCUT2D eigenvalue weighted by Crippen LogP contribution is -2.17. The standard InChI is InChI=1S/C19H19N3O3S/c1-3-26(24,25)11-10-18(23)20-19-14(2)13-22(21-19)17-9-8-15-6-4-5-7-16(15)12-17/h3-9,12-13H,1,10-11H2,2H3,(H,20,21,23). The van der Waals surface area contributed by atoms with Gasteiger partial charge in [0.05, 0.1) is 11.4 Å². The monoisotopic (exact) mass is 369 g/mol. The van der Waals surface area contributed by atoms with Crippen LogP contribution in [0.25, 0.3) is 16.5 Å². The summed E-state index contributed by atoms with van der Waals surface area (Å²) >= 11 is 0. The minimum absolute atomic E-state index is 0.142. The van der Waals surface area contributed by atoms with E-state index < -0.39 is 15.7 Å². The van der Waals surface area contributed by atoms with Crippen LogP contribution in [0.1, 0.15) is 12.0 Å². The Hall–Kier alpha value is -2.93. The molecule has 2 aromatic carbocycles. The highest BCUT2D eigenvalue weighted by Crippen LogP contribution is 2.20. The predicted octanol–water partition coefficient (Wildman–Crippen LogP) is 3.22. The maximum Gasteiger partial charge on any atom is 0.226 e. The van der Waals surface area contributed by atoms with Gasteiger partial charge in [0.1, 0.15) is 0 Å². The van der Waals surface area contributed by atoms with Gasteiger partial charge in [0.15, 0.2) is 15.7 Å². The molecule has 0 aliphatic rings. The van der Waals surface area contributed by atoms with E-state index in [-0.39, 0.29) is 12.2 Å². The fourth-order valence-electron chi connectivity index (χ4n) is 2.55. The van der Waals surface area contributed by atoms with Gasteiger partial charge in [0.2, 0.25) is 5.91 Å². The molecule has 3 rings (SSSR count). The summed E-state index contributed by atoms with van der Waals surface area (Å²) in [6, 6.07) is 14.0. The molecule has 0 saturated heterocycles. The minimum Gasteiger partial charge on any atom is -0.309 e. The van der Waals surface area contributed by atoms with Crippen LogP contribution >= 0.6 is 0 Å². The Morgan fingerprint density at radius 2 is 1.96 bits per heavy atom. The molecule has 0 spiro atoms. The first-order valence-electron chi connectivity index (χ1n) is 8.08.